The van der Waals surface area contributed by atoms with Gasteiger partial charge in [0.25, 0.3) is 5.91 Å². The summed E-state index contributed by atoms with van der Waals surface area (Å²) in [6.07, 6.45) is 2.94. The number of hydrogen-bond acceptors (Lipinski definition) is 4. The summed E-state index contributed by atoms with van der Waals surface area (Å²) >= 11 is 17.9. The van der Waals surface area contributed by atoms with Crippen LogP contribution in [0.5, 0.6) is 11.5 Å². The quantitative estimate of drug-likeness (QED) is 0.538. The highest BCUT2D eigenvalue weighted by atomic mass is 35.5. The Morgan fingerprint density at radius 1 is 1.04 bits per heavy atom. The molecule has 0 aliphatic rings. The Morgan fingerprint density at radius 3 is 2.32 bits per heavy atom. The number of halogens is 3. The van der Waals surface area contributed by atoms with Crippen LogP contribution in [0.2, 0.25) is 15.1 Å². The van der Waals surface area contributed by atoms with E-state index in [1.807, 2.05) is 0 Å². The second-order valence-electron chi connectivity index (χ2n) is 4.80. The first kappa shape index (κ1) is 19.2. The lowest BCUT2D eigenvalue weighted by molar-refractivity contribution is -0.115. The van der Waals surface area contributed by atoms with E-state index in [4.69, 9.17) is 44.3 Å². The van der Waals surface area contributed by atoms with Crippen LogP contribution in [0.1, 0.15) is 5.56 Å². The Balaban J connectivity index is 2.07. The van der Waals surface area contributed by atoms with Crippen molar-refractivity contribution in [1.82, 2.24) is 5.43 Å². The molecule has 0 aliphatic carbocycles. The minimum absolute atomic E-state index is 0.288. The van der Waals surface area contributed by atoms with E-state index in [0.717, 1.165) is 0 Å². The van der Waals surface area contributed by atoms with Crippen LogP contribution in [-0.2, 0) is 4.79 Å². The second-order valence-corrected chi connectivity index (χ2v) is 6.05. The number of rotatable bonds is 6. The lowest BCUT2D eigenvalue weighted by Crippen LogP contribution is -2.27. The molecule has 25 heavy (non-hydrogen) atoms. The molecule has 0 spiro atoms. The number of benzene rings is 2. The van der Waals surface area contributed by atoms with Gasteiger partial charge in [0.2, 0.25) is 0 Å². The van der Waals surface area contributed by atoms with Crippen molar-refractivity contribution in [1.29, 1.82) is 0 Å². The summed E-state index contributed by atoms with van der Waals surface area (Å²) in [6, 6.07) is 8.30. The average molecular weight is 402 g/mol. The van der Waals surface area contributed by atoms with Gasteiger partial charge in [-0.3, -0.25) is 15.6 Å². The van der Waals surface area contributed by atoms with E-state index in [0.29, 0.717) is 27.8 Å². The molecule has 2 aromatic carbocycles. The zero-order chi connectivity index (χ0) is 18.4. The van der Waals surface area contributed by atoms with Crippen LogP contribution in [0.15, 0.2) is 36.4 Å². The summed E-state index contributed by atoms with van der Waals surface area (Å²) in [6.45, 7) is 0. The molecule has 132 valence electrons. The zero-order valence-corrected chi connectivity index (χ0v) is 15.7. The molecule has 0 fully saturated rings. The van der Waals surface area contributed by atoms with Gasteiger partial charge in [0.1, 0.15) is 11.5 Å². The number of hydrazine groups is 1. The smallest absolute Gasteiger partial charge is 0.262 e. The van der Waals surface area contributed by atoms with Crippen LogP contribution in [0.25, 0.3) is 6.08 Å². The molecule has 2 N–H and O–H groups in total. The number of ether oxygens (including phenoxy) is 2. The summed E-state index contributed by atoms with van der Waals surface area (Å²) in [5.41, 5.74) is 6.19. The molecule has 0 aromatic heterocycles. The van der Waals surface area contributed by atoms with E-state index in [1.165, 1.54) is 18.2 Å². The predicted molar refractivity (Wildman–Crippen MR) is 102 cm³/mol. The fraction of sp³-hybridized carbons (Fsp3) is 0.118. The highest BCUT2D eigenvalue weighted by Gasteiger charge is 2.08. The first-order chi connectivity index (χ1) is 11.9. The number of methoxy groups -OCH3 is 2. The van der Waals surface area contributed by atoms with Crippen molar-refractivity contribution < 1.29 is 14.3 Å². The van der Waals surface area contributed by atoms with E-state index in [2.05, 4.69) is 10.9 Å². The van der Waals surface area contributed by atoms with Crippen molar-refractivity contribution in [2.75, 3.05) is 19.6 Å². The van der Waals surface area contributed by atoms with E-state index in [9.17, 15) is 4.79 Å². The van der Waals surface area contributed by atoms with Crippen LogP contribution in [0.3, 0.4) is 0 Å². The van der Waals surface area contributed by atoms with Crippen LogP contribution in [-0.4, -0.2) is 20.1 Å². The minimum atomic E-state index is -0.410. The van der Waals surface area contributed by atoms with Gasteiger partial charge >= 0.3 is 0 Å². The maximum atomic E-state index is 12.0. The first-order valence-corrected chi connectivity index (χ1v) is 8.18. The van der Waals surface area contributed by atoms with Gasteiger partial charge in [-0.1, -0.05) is 34.8 Å². The minimum Gasteiger partial charge on any atom is -0.497 e. The Morgan fingerprint density at radius 2 is 1.72 bits per heavy atom. The molecule has 1 amide bonds. The largest absolute Gasteiger partial charge is 0.497 e. The number of amides is 1. The summed E-state index contributed by atoms with van der Waals surface area (Å²) in [5, 5.41) is 0.976. The van der Waals surface area contributed by atoms with E-state index in [-0.39, 0.29) is 10.0 Å². The lowest BCUT2D eigenvalue weighted by atomic mass is 10.1. The van der Waals surface area contributed by atoms with Crippen molar-refractivity contribution in [3.8, 4) is 11.5 Å². The Hall–Kier alpha value is -2.08. The van der Waals surface area contributed by atoms with Crippen LogP contribution in [0, 0.1) is 0 Å². The number of hydrogen-bond donors (Lipinski definition) is 2. The third-order valence-electron chi connectivity index (χ3n) is 3.17. The van der Waals surface area contributed by atoms with E-state index in [1.54, 1.807) is 38.5 Å². The van der Waals surface area contributed by atoms with Crippen LogP contribution < -0.4 is 20.3 Å². The predicted octanol–water partition coefficient (Wildman–Crippen LogP) is 4.82. The van der Waals surface area contributed by atoms with Gasteiger partial charge in [0.15, 0.2) is 0 Å². The number of carbonyl (C=O) groups excluding carboxylic acids is 1. The van der Waals surface area contributed by atoms with Gasteiger partial charge in [0.05, 0.1) is 30.0 Å². The van der Waals surface area contributed by atoms with Crippen molar-refractivity contribution in [2.45, 2.75) is 0 Å². The molecule has 0 saturated carbocycles. The van der Waals surface area contributed by atoms with Crippen molar-refractivity contribution in [3.05, 3.63) is 57.0 Å². The standard InChI is InChI=1S/C17H15Cl3N2O3/c1-24-12-4-5-15(25-2)10(7-12)3-6-16(23)21-22-17-13(19)8-11(18)9-14(17)20/h3-9,22H,1-2H3,(H,21,23)/b6-3+. The summed E-state index contributed by atoms with van der Waals surface area (Å²) in [4.78, 5) is 12.0. The van der Waals surface area contributed by atoms with E-state index >= 15 is 0 Å². The Labute approximate surface area is 160 Å². The molecule has 0 atom stereocenters. The number of nitrogens with one attached hydrogen (secondary N) is 2. The Kier molecular flexibility index (Phi) is 6.82. The fourth-order valence-corrected chi connectivity index (χ4v) is 2.87. The van der Waals surface area contributed by atoms with Crippen LogP contribution >= 0.6 is 34.8 Å². The molecule has 2 aromatic rings. The number of anilines is 1. The van der Waals surface area contributed by atoms with Gasteiger partial charge in [-0.05, 0) is 36.4 Å². The Bertz CT molecular complexity index is 787. The zero-order valence-electron chi connectivity index (χ0n) is 13.4. The fourth-order valence-electron chi connectivity index (χ4n) is 1.96. The topological polar surface area (TPSA) is 59.6 Å². The number of carbonyl (C=O) groups is 1. The van der Waals surface area contributed by atoms with Crippen molar-refractivity contribution in [2.24, 2.45) is 0 Å². The molecule has 0 saturated heterocycles. The maximum Gasteiger partial charge on any atom is 0.262 e. The lowest BCUT2D eigenvalue weighted by Gasteiger charge is -2.11. The monoisotopic (exact) mass is 400 g/mol. The molecular weight excluding hydrogens is 387 g/mol. The van der Waals surface area contributed by atoms with Gasteiger partial charge in [0, 0.05) is 16.7 Å². The second kappa shape index (κ2) is 8.85. The van der Waals surface area contributed by atoms with Gasteiger partial charge in [-0.15, -0.1) is 0 Å². The van der Waals surface area contributed by atoms with Crippen molar-refractivity contribution in [3.63, 3.8) is 0 Å². The molecule has 5 nitrogen and oxygen atoms in total. The van der Waals surface area contributed by atoms with Crippen molar-refractivity contribution >= 4 is 52.5 Å². The van der Waals surface area contributed by atoms with Gasteiger partial charge in [-0.2, -0.15) is 0 Å². The first-order valence-electron chi connectivity index (χ1n) is 7.05. The SMILES string of the molecule is COc1ccc(OC)c(/C=C/C(=O)NNc2c(Cl)cc(Cl)cc2Cl)c1. The van der Waals surface area contributed by atoms with Crippen LogP contribution in [0.4, 0.5) is 5.69 Å². The van der Waals surface area contributed by atoms with Gasteiger partial charge < -0.3 is 9.47 Å². The molecule has 2 rings (SSSR count). The molecule has 0 unspecified atom stereocenters. The highest BCUT2D eigenvalue weighted by molar-refractivity contribution is 6.41. The molecule has 8 heteroatoms. The highest BCUT2D eigenvalue weighted by Crippen LogP contribution is 2.33. The maximum absolute atomic E-state index is 12.0. The van der Waals surface area contributed by atoms with E-state index < -0.39 is 5.91 Å². The van der Waals surface area contributed by atoms with Gasteiger partial charge in [-0.25, -0.2) is 0 Å². The molecule has 0 radical (unpaired) electrons. The molecule has 0 heterocycles. The normalized spacial score (nSPS) is 10.6. The molecule has 0 bridgehead atoms. The molecular formula is C17H15Cl3N2O3. The summed E-state index contributed by atoms with van der Waals surface area (Å²) < 4.78 is 10.4. The summed E-state index contributed by atoms with van der Waals surface area (Å²) in [5.74, 6) is 0.854. The third kappa shape index (κ3) is 5.19. The molecule has 0 aliphatic heterocycles. The summed E-state index contributed by atoms with van der Waals surface area (Å²) in [7, 11) is 3.11. The third-order valence-corrected chi connectivity index (χ3v) is 3.98. The average Bonchev–Trinajstić information content (AvgIpc) is 2.58.